The van der Waals surface area contributed by atoms with E-state index in [1.807, 2.05) is 18.2 Å². The van der Waals surface area contributed by atoms with Gasteiger partial charge in [0.25, 0.3) is 0 Å². The molecule has 1 heterocycles. The van der Waals surface area contributed by atoms with Crippen molar-refractivity contribution >= 4 is 28.9 Å². The van der Waals surface area contributed by atoms with Crippen LogP contribution in [0.1, 0.15) is 19.3 Å². The molecule has 0 amide bonds. The Morgan fingerprint density at radius 1 is 1.18 bits per heavy atom. The van der Waals surface area contributed by atoms with Crippen molar-refractivity contribution in [2.45, 2.75) is 25.3 Å². The number of likely N-dealkylation sites (tertiary alicyclic amines) is 1. The summed E-state index contributed by atoms with van der Waals surface area (Å²) in [7, 11) is 2.17. The minimum atomic E-state index is 0.470. The fourth-order valence-corrected chi connectivity index (χ4v) is 2.73. The molecular formula is C13H18Cl2N2. The Morgan fingerprint density at radius 3 is 2.59 bits per heavy atom. The lowest BCUT2D eigenvalue weighted by molar-refractivity contribution is 0.348. The summed E-state index contributed by atoms with van der Waals surface area (Å²) in [5.74, 6) is 0. The minimum Gasteiger partial charge on any atom is -0.380 e. The van der Waals surface area contributed by atoms with E-state index in [1.54, 1.807) is 0 Å². The first-order valence-electron chi connectivity index (χ1n) is 6.06. The van der Waals surface area contributed by atoms with Crippen LogP contribution in [0.3, 0.4) is 0 Å². The highest BCUT2D eigenvalue weighted by Gasteiger charge is 2.16. The molecule has 1 fully saturated rings. The van der Waals surface area contributed by atoms with Gasteiger partial charge in [-0.05, 0) is 51.5 Å². The van der Waals surface area contributed by atoms with Gasteiger partial charge >= 0.3 is 0 Å². The largest absolute Gasteiger partial charge is 0.380 e. The number of anilines is 1. The minimum absolute atomic E-state index is 0.470. The van der Waals surface area contributed by atoms with Gasteiger partial charge in [-0.25, -0.2) is 0 Å². The second-order valence-electron chi connectivity index (χ2n) is 4.67. The molecule has 0 radical (unpaired) electrons. The van der Waals surface area contributed by atoms with E-state index >= 15 is 0 Å². The van der Waals surface area contributed by atoms with Crippen LogP contribution in [0, 0.1) is 0 Å². The van der Waals surface area contributed by atoms with E-state index in [-0.39, 0.29) is 0 Å². The number of nitrogens with zero attached hydrogens (tertiary/aromatic N) is 1. The Balaban J connectivity index is 2.05. The molecule has 1 aliphatic rings. The topological polar surface area (TPSA) is 15.3 Å². The molecule has 94 valence electrons. The highest BCUT2D eigenvalue weighted by Crippen LogP contribution is 2.31. The smallest absolute Gasteiger partial charge is 0.0721 e. The van der Waals surface area contributed by atoms with Crippen molar-refractivity contribution in [2.75, 3.05) is 25.5 Å². The van der Waals surface area contributed by atoms with Crippen LogP contribution in [0.25, 0.3) is 0 Å². The number of benzene rings is 1. The molecule has 1 aliphatic heterocycles. The van der Waals surface area contributed by atoms with Crippen molar-refractivity contribution in [3.63, 3.8) is 0 Å². The molecule has 1 aromatic carbocycles. The molecule has 17 heavy (non-hydrogen) atoms. The number of halogens is 2. The Hall–Kier alpha value is -0.440. The molecule has 1 unspecified atom stereocenters. The normalized spacial score (nSPS) is 22.2. The van der Waals surface area contributed by atoms with Gasteiger partial charge in [0.15, 0.2) is 0 Å². The molecule has 0 aromatic heterocycles. The van der Waals surface area contributed by atoms with Gasteiger partial charge in [-0.15, -0.1) is 0 Å². The van der Waals surface area contributed by atoms with Gasteiger partial charge in [0, 0.05) is 6.04 Å². The van der Waals surface area contributed by atoms with Crippen LogP contribution >= 0.6 is 23.2 Å². The van der Waals surface area contributed by atoms with Crippen LogP contribution in [0.2, 0.25) is 10.0 Å². The molecule has 0 aliphatic carbocycles. The number of para-hydroxylation sites is 1. The van der Waals surface area contributed by atoms with Gasteiger partial charge < -0.3 is 10.2 Å². The maximum absolute atomic E-state index is 6.16. The summed E-state index contributed by atoms with van der Waals surface area (Å²) >= 11 is 12.3. The van der Waals surface area contributed by atoms with Gasteiger partial charge in [-0.1, -0.05) is 29.3 Å². The zero-order valence-corrected chi connectivity index (χ0v) is 11.6. The molecular weight excluding hydrogens is 255 g/mol. The lowest BCUT2D eigenvalue weighted by Crippen LogP contribution is -2.23. The Morgan fingerprint density at radius 2 is 1.88 bits per heavy atom. The first-order chi connectivity index (χ1) is 8.16. The van der Waals surface area contributed by atoms with E-state index in [2.05, 4.69) is 17.3 Å². The van der Waals surface area contributed by atoms with E-state index in [1.165, 1.54) is 19.4 Å². The predicted octanol–water partition coefficient (Wildman–Crippen LogP) is 3.89. The Kier molecular flexibility index (Phi) is 4.55. The van der Waals surface area contributed by atoms with Crippen molar-refractivity contribution in [3.8, 4) is 0 Å². The monoisotopic (exact) mass is 272 g/mol. The zero-order valence-electron chi connectivity index (χ0n) is 10.0. The fourth-order valence-electron chi connectivity index (χ4n) is 2.22. The molecule has 1 atom stereocenters. The molecule has 4 heteroatoms. The number of rotatable bonds is 2. The molecule has 2 rings (SSSR count). The van der Waals surface area contributed by atoms with Gasteiger partial charge in [0.2, 0.25) is 0 Å². The van der Waals surface area contributed by atoms with Crippen molar-refractivity contribution in [3.05, 3.63) is 28.2 Å². The summed E-state index contributed by atoms with van der Waals surface area (Å²) < 4.78 is 0. The maximum Gasteiger partial charge on any atom is 0.0721 e. The number of nitrogens with one attached hydrogen (secondary N) is 1. The van der Waals surface area contributed by atoms with Crippen LogP contribution in [-0.4, -0.2) is 31.1 Å². The van der Waals surface area contributed by atoms with E-state index in [0.29, 0.717) is 16.1 Å². The second kappa shape index (κ2) is 5.94. The van der Waals surface area contributed by atoms with Crippen LogP contribution < -0.4 is 5.32 Å². The quantitative estimate of drug-likeness (QED) is 0.879. The summed E-state index contributed by atoms with van der Waals surface area (Å²) in [6, 6.07) is 6.09. The number of hydrogen-bond acceptors (Lipinski definition) is 2. The lowest BCUT2D eigenvalue weighted by atomic mass is 10.1. The molecule has 0 bridgehead atoms. The SMILES string of the molecule is CN1CCCC(Nc2c(Cl)cccc2Cl)CC1. The van der Waals surface area contributed by atoms with Crippen molar-refractivity contribution in [2.24, 2.45) is 0 Å². The second-order valence-corrected chi connectivity index (χ2v) is 5.49. The summed E-state index contributed by atoms with van der Waals surface area (Å²) in [5.41, 5.74) is 0.880. The van der Waals surface area contributed by atoms with Gasteiger partial charge in [-0.2, -0.15) is 0 Å². The lowest BCUT2D eigenvalue weighted by Gasteiger charge is -2.19. The van der Waals surface area contributed by atoms with Crippen LogP contribution in [0.4, 0.5) is 5.69 Å². The van der Waals surface area contributed by atoms with E-state index in [0.717, 1.165) is 18.7 Å². The zero-order chi connectivity index (χ0) is 12.3. The predicted molar refractivity (Wildman–Crippen MR) is 75.2 cm³/mol. The molecule has 0 saturated carbocycles. The first-order valence-corrected chi connectivity index (χ1v) is 6.81. The average Bonchev–Trinajstić information content (AvgIpc) is 2.49. The Bertz CT molecular complexity index is 361. The summed E-state index contributed by atoms with van der Waals surface area (Å²) in [6.45, 7) is 2.30. The van der Waals surface area contributed by atoms with Gasteiger partial charge in [0.05, 0.1) is 15.7 Å². The molecule has 0 spiro atoms. The summed E-state index contributed by atoms with van der Waals surface area (Å²) in [4.78, 5) is 2.37. The van der Waals surface area contributed by atoms with Crippen molar-refractivity contribution in [1.82, 2.24) is 4.90 Å². The Labute approximate surface area is 113 Å². The fraction of sp³-hybridized carbons (Fsp3) is 0.538. The first kappa shape index (κ1) is 13.0. The van der Waals surface area contributed by atoms with E-state index in [4.69, 9.17) is 23.2 Å². The van der Waals surface area contributed by atoms with E-state index < -0.39 is 0 Å². The average molecular weight is 273 g/mol. The van der Waals surface area contributed by atoms with Crippen LogP contribution in [-0.2, 0) is 0 Å². The van der Waals surface area contributed by atoms with Crippen molar-refractivity contribution < 1.29 is 0 Å². The molecule has 1 N–H and O–H groups in total. The molecule has 1 aromatic rings. The third-order valence-electron chi connectivity index (χ3n) is 3.26. The van der Waals surface area contributed by atoms with Gasteiger partial charge in [-0.3, -0.25) is 0 Å². The third-order valence-corrected chi connectivity index (χ3v) is 3.89. The molecule has 2 nitrogen and oxygen atoms in total. The summed E-state index contributed by atoms with van der Waals surface area (Å²) in [6.07, 6.45) is 3.53. The summed E-state index contributed by atoms with van der Waals surface area (Å²) in [5, 5.41) is 4.90. The maximum atomic E-state index is 6.16. The van der Waals surface area contributed by atoms with Crippen molar-refractivity contribution in [1.29, 1.82) is 0 Å². The standard InChI is InChI=1S/C13H18Cl2N2/c1-17-8-3-4-10(7-9-17)16-13-11(14)5-2-6-12(13)15/h2,5-6,10,16H,3-4,7-9H2,1H3. The van der Waals surface area contributed by atoms with Gasteiger partial charge in [0.1, 0.15) is 0 Å². The van der Waals surface area contributed by atoms with Crippen LogP contribution in [0.5, 0.6) is 0 Å². The molecule has 1 saturated heterocycles. The number of hydrogen-bond donors (Lipinski definition) is 1. The highest BCUT2D eigenvalue weighted by molar-refractivity contribution is 6.39. The van der Waals surface area contributed by atoms with E-state index in [9.17, 15) is 0 Å². The van der Waals surface area contributed by atoms with Crippen LogP contribution in [0.15, 0.2) is 18.2 Å². The third kappa shape index (κ3) is 3.51. The highest BCUT2D eigenvalue weighted by atomic mass is 35.5.